The first-order valence-corrected chi connectivity index (χ1v) is 4.20. The Morgan fingerprint density at radius 3 is 2.46 bits per heavy atom. The number of nitrogens with one attached hydrogen (secondary N) is 1. The van der Waals surface area contributed by atoms with Crippen molar-refractivity contribution in [3.63, 3.8) is 0 Å². The molecule has 74 valence electrons. The van der Waals surface area contributed by atoms with Crippen LogP contribution < -0.4 is 5.32 Å². The number of ether oxygens (including phenoxy) is 1. The topological polar surface area (TPSA) is 38.3 Å². The van der Waals surface area contributed by atoms with Crippen LogP contribution in [-0.2, 0) is 9.53 Å². The molecule has 3 heteroatoms. The number of rotatable bonds is 6. The number of hydrogen-bond acceptors (Lipinski definition) is 2. The van der Waals surface area contributed by atoms with Gasteiger partial charge in [-0.3, -0.25) is 4.79 Å². The Morgan fingerprint density at radius 2 is 2.00 bits per heavy atom. The fraction of sp³-hybridized carbons (Fsp3) is 0.500. The lowest BCUT2D eigenvalue weighted by Gasteiger charge is -2.05. The first-order valence-electron chi connectivity index (χ1n) is 4.20. The van der Waals surface area contributed by atoms with Crippen molar-refractivity contribution >= 4 is 5.91 Å². The Hall–Kier alpha value is -1.09. The first-order chi connectivity index (χ1) is 6.04. The third-order valence-electron chi connectivity index (χ3n) is 1.27. The molecule has 0 aromatic rings. The summed E-state index contributed by atoms with van der Waals surface area (Å²) in [5.74, 6) is -0.126. The first kappa shape index (κ1) is 11.9. The molecule has 1 N–H and O–H groups in total. The highest BCUT2D eigenvalue weighted by Crippen LogP contribution is 1.88. The van der Waals surface area contributed by atoms with Gasteiger partial charge in [-0.1, -0.05) is 18.7 Å². The minimum atomic E-state index is -0.126. The molecule has 0 aromatic carbocycles. The van der Waals surface area contributed by atoms with Gasteiger partial charge in [-0.05, 0) is 13.8 Å². The predicted molar refractivity (Wildman–Crippen MR) is 53.5 cm³/mol. The molecule has 0 radical (unpaired) electrons. The summed E-state index contributed by atoms with van der Waals surface area (Å²) in [7, 11) is 0. The van der Waals surface area contributed by atoms with Gasteiger partial charge in [-0.2, -0.15) is 0 Å². The average Bonchev–Trinajstić information content (AvgIpc) is 2.02. The van der Waals surface area contributed by atoms with Gasteiger partial charge in [0.05, 0.1) is 13.2 Å². The van der Waals surface area contributed by atoms with E-state index in [-0.39, 0.29) is 5.91 Å². The molecule has 0 atom stereocenters. The molecule has 0 unspecified atom stereocenters. The number of amides is 1. The normalized spacial score (nSPS) is 9.38. The maximum absolute atomic E-state index is 11.0. The summed E-state index contributed by atoms with van der Waals surface area (Å²) in [6.07, 6.45) is 0. The zero-order valence-corrected chi connectivity index (χ0v) is 8.35. The largest absolute Gasteiger partial charge is 0.375 e. The van der Waals surface area contributed by atoms with Crippen LogP contribution in [0.3, 0.4) is 0 Å². The maximum Gasteiger partial charge on any atom is 0.246 e. The predicted octanol–water partition coefficient (Wildman–Crippen LogP) is 1.27. The zero-order chi connectivity index (χ0) is 10.3. The van der Waals surface area contributed by atoms with Crippen LogP contribution in [0.2, 0.25) is 0 Å². The highest BCUT2D eigenvalue weighted by molar-refractivity contribution is 5.91. The van der Waals surface area contributed by atoms with Crippen molar-refractivity contribution in [1.29, 1.82) is 0 Å². The van der Waals surface area contributed by atoms with E-state index in [4.69, 9.17) is 4.74 Å². The minimum absolute atomic E-state index is 0.126. The highest BCUT2D eigenvalue weighted by Gasteiger charge is 1.98. The van der Waals surface area contributed by atoms with E-state index in [1.165, 1.54) is 0 Å². The van der Waals surface area contributed by atoms with Crippen molar-refractivity contribution in [2.24, 2.45) is 0 Å². The van der Waals surface area contributed by atoms with E-state index >= 15 is 0 Å². The lowest BCUT2D eigenvalue weighted by atomic mass is 10.3. The van der Waals surface area contributed by atoms with Crippen LogP contribution in [0, 0.1) is 0 Å². The van der Waals surface area contributed by atoms with Crippen LogP contribution >= 0.6 is 0 Å². The summed E-state index contributed by atoms with van der Waals surface area (Å²) < 4.78 is 5.18. The Morgan fingerprint density at radius 1 is 1.38 bits per heavy atom. The van der Waals surface area contributed by atoms with Gasteiger partial charge < -0.3 is 10.1 Å². The van der Waals surface area contributed by atoms with E-state index in [1.807, 2.05) is 6.92 Å². The summed E-state index contributed by atoms with van der Waals surface area (Å²) in [4.78, 5) is 11.0. The minimum Gasteiger partial charge on any atom is -0.375 e. The van der Waals surface area contributed by atoms with E-state index in [1.54, 1.807) is 6.92 Å². The fourth-order valence-corrected chi connectivity index (χ4v) is 0.634. The molecule has 0 aliphatic heterocycles. The number of hydrogen-bond donors (Lipinski definition) is 1. The highest BCUT2D eigenvalue weighted by atomic mass is 16.5. The van der Waals surface area contributed by atoms with Crippen LogP contribution in [0.15, 0.2) is 24.3 Å². The molecule has 0 aliphatic rings. The summed E-state index contributed by atoms with van der Waals surface area (Å²) in [6, 6.07) is 0. The van der Waals surface area contributed by atoms with Gasteiger partial charge in [0.2, 0.25) is 5.91 Å². The lowest BCUT2D eigenvalue weighted by molar-refractivity contribution is -0.117. The SMILES string of the molecule is C=C(C)COCCNC(=O)C(=C)C. The molecule has 0 aliphatic carbocycles. The van der Waals surface area contributed by atoms with Gasteiger partial charge in [-0.25, -0.2) is 0 Å². The van der Waals surface area contributed by atoms with E-state index in [2.05, 4.69) is 18.5 Å². The molecule has 1 amide bonds. The molecule has 13 heavy (non-hydrogen) atoms. The van der Waals surface area contributed by atoms with Gasteiger partial charge in [0.15, 0.2) is 0 Å². The number of carbonyl (C=O) groups is 1. The van der Waals surface area contributed by atoms with E-state index < -0.39 is 0 Å². The molecular weight excluding hydrogens is 166 g/mol. The van der Waals surface area contributed by atoms with Crippen LogP contribution in [0.5, 0.6) is 0 Å². The second-order valence-corrected chi connectivity index (χ2v) is 3.05. The maximum atomic E-state index is 11.0. The smallest absolute Gasteiger partial charge is 0.246 e. The summed E-state index contributed by atoms with van der Waals surface area (Å²) in [5.41, 5.74) is 1.49. The molecule has 0 saturated carbocycles. The van der Waals surface area contributed by atoms with Crippen LogP contribution in [0.1, 0.15) is 13.8 Å². The fourth-order valence-electron chi connectivity index (χ4n) is 0.634. The Balaban J connectivity index is 3.31. The van der Waals surface area contributed by atoms with Gasteiger partial charge in [0, 0.05) is 12.1 Å². The van der Waals surface area contributed by atoms with Crippen molar-refractivity contribution in [2.75, 3.05) is 19.8 Å². The Bertz CT molecular complexity index is 209. The van der Waals surface area contributed by atoms with E-state index in [9.17, 15) is 4.79 Å². The van der Waals surface area contributed by atoms with Gasteiger partial charge in [0.1, 0.15) is 0 Å². The average molecular weight is 183 g/mol. The second-order valence-electron chi connectivity index (χ2n) is 3.05. The molecule has 0 saturated heterocycles. The Kier molecular flexibility index (Phi) is 5.89. The van der Waals surface area contributed by atoms with Crippen LogP contribution in [0.4, 0.5) is 0 Å². The van der Waals surface area contributed by atoms with Crippen LogP contribution in [0.25, 0.3) is 0 Å². The van der Waals surface area contributed by atoms with Crippen molar-refractivity contribution < 1.29 is 9.53 Å². The standard InChI is InChI=1S/C10H17NO2/c1-8(2)7-13-6-5-11-10(12)9(3)4/h1,3,5-7H2,2,4H3,(H,11,12). The summed E-state index contributed by atoms with van der Waals surface area (Å²) >= 11 is 0. The Labute approximate surface area is 79.5 Å². The third kappa shape index (κ3) is 7.28. The molecule has 0 aromatic heterocycles. The molecular formula is C10H17NO2. The zero-order valence-electron chi connectivity index (χ0n) is 8.35. The quantitative estimate of drug-likeness (QED) is 0.382. The molecule has 0 rings (SSSR count). The third-order valence-corrected chi connectivity index (χ3v) is 1.27. The van der Waals surface area contributed by atoms with Gasteiger partial charge in [-0.15, -0.1) is 0 Å². The lowest BCUT2D eigenvalue weighted by Crippen LogP contribution is -2.27. The molecule has 0 bridgehead atoms. The van der Waals surface area contributed by atoms with Crippen molar-refractivity contribution in [1.82, 2.24) is 5.32 Å². The molecule has 0 fully saturated rings. The van der Waals surface area contributed by atoms with Crippen molar-refractivity contribution in [3.8, 4) is 0 Å². The van der Waals surface area contributed by atoms with Gasteiger partial charge >= 0.3 is 0 Å². The van der Waals surface area contributed by atoms with Crippen LogP contribution in [-0.4, -0.2) is 25.7 Å². The van der Waals surface area contributed by atoms with Crippen molar-refractivity contribution in [2.45, 2.75) is 13.8 Å². The molecule has 0 heterocycles. The van der Waals surface area contributed by atoms with E-state index in [0.717, 1.165) is 5.57 Å². The van der Waals surface area contributed by atoms with Crippen molar-refractivity contribution in [3.05, 3.63) is 24.3 Å². The summed E-state index contributed by atoms with van der Waals surface area (Å²) in [6.45, 7) is 12.3. The van der Waals surface area contributed by atoms with E-state index in [0.29, 0.717) is 25.3 Å². The molecule has 3 nitrogen and oxygen atoms in total. The van der Waals surface area contributed by atoms with Gasteiger partial charge in [0.25, 0.3) is 0 Å². The monoisotopic (exact) mass is 183 g/mol. The number of carbonyl (C=O) groups excluding carboxylic acids is 1. The second kappa shape index (κ2) is 6.43. The molecule has 0 spiro atoms. The summed E-state index contributed by atoms with van der Waals surface area (Å²) in [5, 5.41) is 2.66.